The summed E-state index contributed by atoms with van der Waals surface area (Å²) in [6, 6.07) is 0.753. The molecule has 5 rings (SSSR count). The lowest BCUT2D eigenvalue weighted by Crippen LogP contribution is -2.30. The summed E-state index contributed by atoms with van der Waals surface area (Å²) in [5, 5.41) is 13.8. The van der Waals surface area contributed by atoms with Gasteiger partial charge in [0, 0.05) is 23.2 Å². The van der Waals surface area contributed by atoms with Crippen molar-refractivity contribution in [2.24, 2.45) is 11.8 Å². The highest BCUT2D eigenvalue weighted by molar-refractivity contribution is 6.15. The highest BCUT2D eigenvalue weighted by Gasteiger charge is 2.35. The molecule has 3 aliphatic rings. The molecule has 9 nitrogen and oxygen atoms in total. The Morgan fingerprint density at radius 3 is 2.70 bits per heavy atom. The zero-order chi connectivity index (χ0) is 20.8. The van der Waals surface area contributed by atoms with Gasteiger partial charge < -0.3 is 10.6 Å². The fourth-order valence-electron chi connectivity index (χ4n) is 3.96. The molecule has 2 atom stereocenters. The Kier molecular flexibility index (Phi) is 4.67. The number of hydrogen-bond acceptors (Lipinski definition) is 7. The third kappa shape index (κ3) is 3.76. The zero-order valence-corrected chi connectivity index (χ0v) is 17.3. The quantitative estimate of drug-likeness (QED) is 0.453. The Morgan fingerprint density at radius 2 is 2.07 bits per heavy atom. The van der Waals surface area contributed by atoms with E-state index in [1.165, 1.54) is 12.8 Å². The molecule has 2 aliphatic carbocycles. The van der Waals surface area contributed by atoms with E-state index in [1.54, 1.807) is 16.8 Å². The Bertz CT molecular complexity index is 1040. The van der Waals surface area contributed by atoms with Crippen molar-refractivity contribution in [1.82, 2.24) is 24.9 Å². The van der Waals surface area contributed by atoms with Crippen LogP contribution < -0.4 is 16.0 Å². The summed E-state index contributed by atoms with van der Waals surface area (Å²) in [5.41, 5.74) is 1.75. The van der Waals surface area contributed by atoms with Crippen molar-refractivity contribution >= 4 is 35.4 Å². The molecular weight excluding hydrogens is 382 g/mol. The highest BCUT2D eigenvalue weighted by atomic mass is 16.2. The van der Waals surface area contributed by atoms with Gasteiger partial charge in [0.2, 0.25) is 17.8 Å². The number of carbonyl (C=O) groups is 2. The van der Waals surface area contributed by atoms with Gasteiger partial charge in [0.25, 0.3) is 5.91 Å². The van der Waals surface area contributed by atoms with Gasteiger partial charge in [-0.1, -0.05) is 20.3 Å². The van der Waals surface area contributed by atoms with Crippen molar-refractivity contribution in [3.63, 3.8) is 0 Å². The number of carbonyl (C=O) groups excluding carboxylic acids is 2. The molecule has 2 unspecified atom stereocenters. The first-order valence-electron chi connectivity index (χ1n) is 10.9. The maximum atomic E-state index is 12.0. The second kappa shape index (κ2) is 7.37. The molecule has 30 heavy (non-hydrogen) atoms. The second-order valence-corrected chi connectivity index (χ2v) is 8.74. The van der Waals surface area contributed by atoms with Crippen molar-refractivity contribution < 1.29 is 9.59 Å². The number of nitrogens with zero attached hydrogens (tertiary/aromatic N) is 4. The van der Waals surface area contributed by atoms with Gasteiger partial charge in [-0.05, 0) is 43.6 Å². The first kappa shape index (κ1) is 19.0. The predicted octanol–water partition coefficient (Wildman–Crippen LogP) is 2.37. The van der Waals surface area contributed by atoms with E-state index in [4.69, 9.17) is 9.97 Å². The molecule has 2 saturated carbocycles. The lowest BCUT2D eigenvalue weighted by Gasteiger charge is -2.24. The zero-order valence-electron chi connectivity index (χ0n) is 17.3. The fourth-order valence-corrected chi connectivity index (χ4v) is 3.96. The van der Waals surface area contributed by atoms with E-state index in [9.17, 15) is 9.59 Å². The molecule has 1 aliphatic heterocycles. The molecule has 3 heterocycles. The van der Waals surface area contributed by atoms with Crippen molar-refractivity contribution in [3.05, 3.63) is 17.3 Å². The van der Waals surface area contributed by atoms with Gasteiger partial charge in [-0.2, -0.15) is 19.6 Å². The maximum absolute atomic E-state index is 12.0. The number of aromatic nitrogens is 4. The molecule has 2 aromatic rings. The first-order chi connectivity index (χ1) is 14.5. The standard InChI is InChI=1S/C21H27N7O2/c1-3-11(2)17(12-4-5-12)25-20-26-18-14(8-13-9-16(29)24-19(13)30)10-22-28(18)21(27-20)23-15-6-7-15/h8,10-12,15,17H,3-7,9H2,1-2H3,(H,24,29,30)(H2,23,25,26,27). The maximum Gasteiger partial charge on any atom is 0.254 e. The largest absolute Gasteiger partial charge is 0.351 e. The summed E-state index contributed by atoms with van der Waals surface area (Å²) in [5.74, 6) is 1.79. The minimum absolute atomic E-state index is 0.0807. The lowest BCUT2D eigenvalue weighted by atomic mass is 9.95. The van der Waals surface area contributed by atoms with Crippen LogP contribution in [0, 0.1) is 11.8 Å². The van der Waals surface area contributed by atoms with E-state index in [1.807, 2.05) is 0 Å². The second-order valence-electron chi connectivity index (χ2n) is 8.74. The Hall–Kier alpha value is -2.97. The van der Waals surface area contributed by atoms with Gasteiger partial charge in [-0.25, -0.2) is 0 Å². The van der Waals surface area contributed by atoms with Crippen LogP contribution in [0.5, 0.6) is 0 Å². The molecule has 3 N–H and O–H groups in total. The van der Waals surface area contributed by atoms with Crippen LogP contribution >= 0.6 is 0 Å². The van der Waals surface area contributed by atoms with Crippen molar-refractivity contribution in [2.45, 2.75) is 64.5 Å². The average molecular weight is 409 g/mol. The van der Waals surface area contributed by atoms with Gasteiger partial charge in [-0.15, -0.1) is 0 Å². The molecule has 2 amide bonds. The third-order valence-electron chi connectivity index (χ3n) is 6.21. The number of rotatable bonds is 8. The van der Waals surface area contributed by atoms with E-state index < -0.39 is 0 Å². The van der Waals surface area contributed by atoms with Crippen LogP contribution in [0.25, 0.3) is 11.7 Å². The molecule has 9 heteroatoms. The van der Waals surface area contributed by atoms with Crippen LogP contribution in [0.4, 0.5) is 11.9 Å². The van der Waals surface area contributed by atoms with Crippen molar-refractivity contribution in [2.75, 3.05) is 10.6 Å². The van der Waals surface area contributed by atoms with Gasteiger partial charge in [0.05, 0.1) is 12.6 Å². The number of fused-ring (bicyclic) bond motifs is 1. The van der Waals surface area contributed by atoms with Gasteiger partial charge in [-0.3, -0.25) is 14.9 Å². The van der Waals surface area contributed by atoms with Crippen molar-refractivity contribution in [1.29, 1.82) is 0 Å². The van der Waals surface area contributed by atoms with Crippen LogP contribution in [0.1, 0.15) is 57.9 Å². The number of hydrogen-bond donors (Lipinski definition) is 3. The smallest absolute Gasteiger partial charge is 0.254 e. The van der Waals surface area contributed by atoms with E-state index in [0.29, 0.717) is 52.6 Å². The van der Waals surface area contributed by atoms with E-state index in [2.05, 4.69) is 34.9 Å². The van der Waals surface area contributed by atoms with Crippen LogP contribution in [-0.2, 0) is 9.59 Å². The summed E-state index contributed by atoms with van der Waals surface area (Å²) < 4.78 is 1.68. The third-order valence-corrected chi connectivity index (χ3v) is 6.21. The van der Waals surface area contributed by atoms with Gasteiger partial charge >= 0.3 is 0 Å². The first-order valence-corrected chi connectivity index (χ1v) is 10.9. The molecule has 1 saturated heterocycles. The van der Waals surface area contributed by atoms with Crippen LogP contribution in [0.2, 0.25) is 0 Å². The molecule has 0 spiro atoms. The van der Waals surface area contributed by atoms with Crippen molar-refractivity contribution in [3.8, 4) is 0 Å². The summed E-state index contributed by atoms with van der Waals surface area (Å²) in [4.78, 5) is 33.0. The predicted molar refractivity (Wildman–Crippen MR) is 113 cm³/mol. The topological polar surface area (TPSA) is 113 Å². The summed E-state index contributed by atoms with van der Waals surface area (Å²) >= 11 is 0. The molecular formula is C21H27N7O2. The van der Waals surface area contributed by atoms with Crippen LogP contribution in [0.3, 0.4) is 0 Å². The number of amides is 2. The Balaban J connectivity index is 1.53. The highest BCUT2D eigenvalue weighted by Crippen LogP contribution is 2.38. The van der Waals surface area contributed by atoms with Crippen LogP contribution in [0.15, 0.2) is 11.8 Å². The van der Waals surface area contributed by atoms with Gasteiger partial charge in [0.15, 0.2) is 5.65 Å². The Labute approximate surface area is 174 Å². The molecule has 158 valence electrons. The molecule has 0 aromatic carbocycles. The average Bonchev–Trinajstić information content (AvgIpc) is 3.64. The minimum atomic E-state index is -0.353. The molecule has 0 bridgehead atoms. The summed E-state index contributed by atoms with van der Waals surface area (Å²) in [6.45, 7) is 4.48. The number of anilines is 2. The monoisotopic (exact) mass is 409 g/mol. The number of imide groups is 1. The molecule has 0 radical (unpaired) electrons. The number of nitrogens with one attached hydrogen (secondary N) is 3. The van der Waals surface area contributed by atoms with E-state index in [0.717, 1.165) is 19.3 Å². The summed E-state index contributed by atoms with van der Waals surface area (Å²) in [7, 11) is 0. The van der Waals surface area contributed by atoms with E-state index in [-0.39, 0.29) is 18.2 Å². The SMILES string of the molecule is CCC(C)C(Nc1nc(NC2CC2)n2ncc(C=C3CC(=O)NC3=O)c2n1)C1CC1. The normalized spacial score (nSPS) is 22.4. The molecule has 3 fully saturated rings. The van der Waals surface area contributed by atoms with E-state index >= 15 is 0 Å². The summed E-state index contributed by atoms with van der Waals surface area (Å²) in [6.07, 6.45) is 9.26. The van der Waals surface area contributed by atoms with Crippen LogP contribution in [-0.4, -0.2) is 43.5 Å². The Morgan fingerprint density at radius 1 is 1.27 bits per heavy atom. The minimum Gasteiger partial charge on any atom is -0.351 e. The van der Waals surface area contributed by atoms with Gasteiger partial charge in [0.1, 0.15) is 0 Å². The lowest BCUT2D eigenvalue weighted by molar-refractivity contribution is -0.124. The molecule has 2 aromatic heterocycles. The fraction of sp³-hybridized carbons (Fsp3) is 0.571.